The van der Waals surface area contributed by atoms with E-state index in [9.17, 15) is 4.79 Å². The van der Waals surface area contributed by atoms with Crippen molar-refractivity contribution >= 4 is 17.7 Å². The molecule has 3 heterocycles. The molecule has 120 valence electrons. The minimum atomic E-state index is -0.248. The molecule has 2 aromatic rings. The number of hydrogen-bond donors (Lipinski definition) is 1. The first kappa shape index (κ1) is 14.7. The molecule has 0 unspecified atom stereocenters. The summed E-state index contributed by atoms with van der Waals surface area (Å²) in [7, 11) is 0. The van der Waals surface area contributed by atoms with Gasteiger partial charge in [0, 0.05) is 17.2 Å². The van der Waals surface area contributed by atoms with E-state index in [1.807, 2.05) is 24.0 Å². The smallest absolute Gasteiger partial charge is 0.231 e. The van der Waals surface area contributed by atoms with Crippen molar-refractivity contribution in [2.45, 2.75) is 23.8 Å². The van der Waals surface area contributed by atoms with Gasteiger partial charge in [-0.1, -0.05) is 18.2 Å². The number of aromatic amines is 1. The zero-order valence-corrected chi connectivity index (χ0v) is 13.7. The number of amides is 1. The van der Waals surface area contributed by atoms with Crippen molar-refractivity contribution in [2.75, 3.05) is 25.4 Å². The summed E-state index contributed by atoms with van der Waals surface area (Å²) in [4.78, 5) is 20.4. The standard InChI is InChI=1S/C16H18N4O2S/c1-10-17-15(19-18-10)13-8-20(6-7-22-13)16(21)12-9-23-14-5-3-2-4-11(12)14/h2-5,12-13H,6-9H2,1H3,(H,17,18,19)/t12-,13-/m0/s1. The molecular weight excluding hydrogens is 312 g/mol. The molecule has 2 aliphatic rings. The Morgan fingerprint density at radius 2 is 2.30 bits per heavy atom. The lowest BCUT2D eigenvalue weighted by Gasteiger charge is -2.33. The summed E-state index contributed by atoms with van der Waals surface area (Å²) in [6.07, 6.45) is -0.248. The molecule has 0 saturated carbocycles. The number of aryl methyl sites for hydroxylation is 1. The molecule has 2 atom stereocenters. The number of fused-ring (bicyclic) bond motifs is 1. The zero-order chi connectivity index (χ0) is 15.8. The summed E-state index contributed by atoms with van der Waals surface area (Å²) < 4.78 is 5.75. The monoisotopic (exact) mass is 330 g/mol. The van der Waals surface area contributed by atoms with Crippen molar-refractivity contribution in [3.8, 4) is 0 Å². The lowest BCUT2D eigenvalue weighted by atomic mass is 9.99. The van der Waals surface area contributed by atoms with Crippen molar-refractivity contribution in [1.82, 2.24) is 20.1 Å². The third-order valence-electron chi connectivity index (χ3n) is 4.28. The van der Waals surface area contributed by atoms with E-state index >= 15 is 0 Å². The van der Waals surface area contributed by atoms with Crippen molar-refractivity contribution in [2.24, 2.45) is 0 Å². The van der Waals surface area contributed by atoms with E-state index in [4.69, 9.17) is 4.74 Å². The number of nitrogens with one attached hydrogen (secondary N) is 1. The molecule has 1 aromatic heterocycles. The molecule has 1 N–H and O–H groups in total. The maximum Gasteiger partial charge on any atom is 0.231 e. The normalized spacial score (nSPS) is 23.8. The first-order valence-electron chi connectivity index (χ1n) is 7.73. The summed E-state index contributed by atoms with van der Waals surface area (Å²) in [6, 6.07) is 8.18. The van der Waals surface area contributed by atoms with Crippen LogP contribution in [0.3, 0.4) is 0 Å². The quantitative estimate of drug-likeness (QED) is 0.911. The zero-order valence-electron chi connectivity index (χ0n) is 12.9. The molecule has 2 aliphatic heterocycles. The van der Waals surface area contributed by atoms with Crippen LogP contribution in [0.4, 0.5) is 0 Å². The van der Waals surface area contributed by atoms with E-state index in [-0.39, 0.29) is 17.9 Å². The van der Waals surface area contributed by atoms with E-state index in [0.717, 1.165) is 17.1 Å². The van der Waals surface area contributed by atoms with Gasteiger partial charge in [0.15, 0.2) is 5.82 Å². The molecule has 4 rings (SSSR count). The molecule has 0 radical (unpaired) electrons. The van der Waals surface area contributed by atoms with Crippen LogP contribution in [0.15, 0.2) is 29.2 Å². The maximum absolute atomic E-state index is 13.0. The van der Waals surface area contributed by atoms with Crippen molar-refractivity contribution in [1.29, 1.82) is 0 Å². The van der Waals surface area contributed by atoms with Gasteiger partial charge in [-0.25, -0.2) is 4.98 Å². The largest absolute Gasteiger partial charge is 0.366 e. The summed E-state index contributed by atoms with van der Waals surface area (Å²) in [6.45, 7) is 3.52. The number of nitrogens with zero attached hydrogens (tertiary/aromatic N) is 3. The molecule has 1 aromatic carbocycles. The highest BCUT2D eigenvalue weighted by molar-refractivity contribution is 7.99. The Morgan fingerprint density at radius 1 is 1.43 bits per heavy atom. The molecule has 23 heavy (non-hydrogen) atoms. The molecule has 6 nitrogen and oxygen atoms in total. The van der Waals surface area contributed by atoms with Crippen LogP contribution in [0.2, 0.25) is 0 Å². The summed E-state index contributed by atoms with van der Waals surface area (Å²) in [5, 5.41) is 6.99. The van der Waals surface area contributed by atoms with Gasteiger partial charge in [-0.15, -0.1) is 11.8 Å². The van der Waals surface area contributed by atoms with Gasteiger partial charge in [-0.2, -0.15) is 5.10 Å². The predicted octanol–water partition coefficient (Wildman–Crippen LogP) is 1.90. The lowest BCUT2D eigenvalue weighted by molar-refractivity contribution is -0.140. The number of ether oxygens (including phenoxy) is 1. The highest BCUT2D eigenvalue weighted by Gasteiger charge is 2.35. The minimum absolute atomic E-state index is 0.0520. The number of benzene rings is 1. The number of thioether (sulfide) groups is 1. The fraction of sp³-hybridized carbons (Fsp3) is 0.438. The molecule has 0 spiro atoms. The van der Waals surface area contributed by atoms with Gasteiger partial charge in [0.05, 0.1) is 19.1 Å². The number of hydrogen-bond acceptors (Lipinski definition) is 5. The van der Waals surface area contributed by atoms with Gasteiger partial charge >= 0.3 is 0 Å². The van der Waals surface area contributed by atoms with E-state index in [0.29, 0.717) is 25.5 Å². The first-order valence-corrected chi connectivity index (χ1v) is 8.72. The lowest BCUT2D eigenvalue weighted by Crippen LogP contribution is -2.44. The highest BCUT2D eigenvalue weighted by Crippen LogP contribution is 2.40. The van der Waals surface area contributed by atoms with Crippen LogP contribution in [0.5, 0.6) is 0 Å². The van der Waals surface area contributed by atoms with Crippen LogP contribution < -0.4 is 0 Å². The van der Waals surface area contributed by atoms with Crippen molar-refractivity contribution in [3.63, 3.8) is 0 Å². The summed E-state index contributed by atoms with van der Waals surface area (Å²) in [5.41, 5.74) is 1.15. The van der Waals surface area contributed by atoms with Crippen LogP contribution in [-0.4, -0.2) is 51.4 Å². The van der Waals surface area contributed by atoms with Crippen LogP contribution >= 0.6 is 11.8 Å². The second-order valence-corrected chi connectivity index (χ2v) is 6.89. The fourth-order valence-corrected chi connectivity index (χ4v) is 4.32. The Hall–Kier alpha value is -1.86. The number of H-pyrrole nitrogens is 1. The molecule has 1 saturated heterocycles. The number of carbonyl (C=O) groups excluding carboxylic acids is 1. The van der Waals surface area contributed by atoms with E-state index in [1.165, 1.54) is 4.90 Å². The topological polar surface area (TPSA) is 71.1 Å². The van der Waals surface area contributed by atoms with Crippen molar-refractivity contribution in [3.05, 3.63) is 41.5 Å². The molecule has 1 amide bonds. The molecule has 7 heteroatoms. The SMILES string of the molecule is Cc1nc([C@@H]2CN(C(=O)[C@H]3CSc4ccccc43)CCO2)n[nH]1. The van der Waals surface area contributed by atoms with E-state index in [1.54, 1.807) is 11.8 Å². The predicted molar refractivity (Wildman–Crippen MR) is 86.3 cm³/mol. The Bertz CT molecular complexity index is 732. The number of rotatable bonds is 2. The maximum atomic E-state index is 13.0. The second kappa shape index (κ2) is 5.98. The molecule has 1 fully saturated rings. The van der Waals surface area contributed by atoms with E-state index < -0.39 is 0 Å². The van der Waals surface area contributed by atoms with Gasteiger partial charge in [0.25, 0.3) is 0 Å². The summed E-state index contributed by atoms with van der Waals surface area (Å²) >= 11 is 1.76. The third kappa shape index (κ3) is 2.74. The van der Waals surface area contributed by atoms with Crippen LogP contribution in [0.25, 0.3) is 0 Å². The molecule has 0 aliphatic carbocycles. The third-order valence-corrected chi connectivity index (χ3v) is 5.46. The van der Waals surface area contributed by atoms with Gasteiger partial charge in [-0.05, 0) is 18.6 Å². The second-order valence-electron chi connectivity index (χ2n) is 5.82. The number of carbonyl (C=O) groups is 1. The average Bonchev–Trinajstić information content (AvgIpc) is 3.20. The van der Waals surface area contributed by atoms with Gasteiger partial charge in [0.2, 0.25) is 5.91 Å². The summed E-state index contributed by atoms with van der Waals surface area (Å²) in [5.74, 6) is 2.33. The Morgan fingerprint density at radius 3 is 3.13 bits per heavy atom. The Balaban J connectivity index is 1.51. The van der Waals surface area contributed by atoms with Gasteiger partial charge in [0.1, 0.15) is 11.9 Å². The number of morpholine rings is 1. The van der Waals surface area contributed by atoms with Gasteiger partial charge < -0.3 is 9.64 Å². The fourth-order valence-electron chi connectivity index (χ4n) is 3.10. The molecular formula is C16H18N4O2S. The minimum Gasteiger partial charge on any atom is -0.366 e. The van der Waals surface area contributed by atoms with Crippen molar-refractivity contribution < 1.29 is 9.53 Å². The van der Waals surface area contributed by atoms with Crippen LogP contribution in [0, 0.1) is 6.92 Å². The Kier molecular flexibility index (Phi) is 3.82. The Labute approximate surface area is 138 Å². The average molecular weight is 330 g/mol. The van der Waals surface area contributed by atoms with E-state index in [2.05, 4.69) is 27.3 Å². The first-order chi connectivity index (χ1) is 11.2. The number of aromatic nitrogens is 3. The van der Waals surface area contributed by atoms with Crippen LogP contribution in [0.1, 0.15) is 29.2 Å². The molecule has 0 bridgehead atoms. The highest BCUT2D eigenvalue weighted by atomic mass is 32.2. The van der Waals surface area contributed by atoms with Gasteiger partial charge in [-0.3, -0.25) is 9.89 Å². The van der Waals surface area contributed by atoms with Crippen LogP contribution in [-0.2, 0) is 9.53 Å².